The number of ether oxygens (including phenoxy) is 1. The zero-order valence-electron chi connectivity index (χ0n) is 17.9. The fourth-order valence-electron chi connectivity index (χ4n) is 3.52. The Morgan fingerprint density at radius 1 is 1.03 bits per heavy atom. The van der Waals surface area contributed by atoms with Crippen LogP contribution in [0.15, 0.2) is 48.5 Å². The zero-order chi connectivity index (χ0) is 20.1. The van der Waals surface area contributed by atoms with Gasteiger partial charge in [-0.25, -0.2) is 0 Å². The maximum Gasteiger partial charge on any atom is 0.253 e. The van der Waals surface area contributed by atoms with E-state index in [0.717, 1.165) is 42.8 Å². The third-order valence-corrected chi connectivity index (χ3v) is 5.52. The van der Waals surface area contributed by atoms with Gasteiger partial charge in [0.25, 0.3) is 5.91 Å². The first-order chi connectivity index (χ1) is 13.4. The molecule has 0 atom stereocenters. The van der Waals surface area contributed by atoms with E-state index >= 15 is 0 Å². The van der Waals surface area contributed by atoms with Crippen molar-refractivity contribution in [2.24, 2.45) is 0 Å². The molecule has 0 unspecified atom stereocenters. The summed E-state index contributed by atoms with van der Waals surface area (Å²) in [6.07, 6.45) is 2.03. The minimum atomic E-state index is 0. The lowest BCUT2D eigenvalue weighted by molar-refractivity contribution is 0.0707. The van der Waals surface area contributed by atoms with Crippen LogP contribution >= 0.6 is 12.4 Å². The normalized spacial score (nSPS) is 15.0. The van der Waals surface area contributed by atoms with Crippen molar-refractivity contribution in [3.8, 4) is 5.75 Å². The van der Waals surface area contributed by atoms with Gasteiger partial charge < -0.3 is 15.0 Å². The number of carbonyl (C=O) groups is 1. The Kier molecular flexibility index (Phi) is 8.12. The van der Waals surface area contributed by atoms with E-state index in [1.165, 1.54) is 5.56 Å². The number of nitrogens with zero attached hydrogens (tertiary/aromatic N) is 1. The van der Waals surface area contributed by atoms with Gasteiger partial charge in [0.1, 0.15) is 12.4 Å². The van der Waals surface area contributed by atoms with Crippen LogP contribution in [0.5, 0.6) is 5.75 Å². The molecule has 29 heavy (non-hydrogen) atoms. The quantitative estimate of drug-likeness (QED) is 0.760. The van der Waals surface area contributed by atoms with Gasteiger partial charge in [0.2, 0.25) is 0 Å². The summed E-state index contributed by atoms with van der Waals surface area (Å²) >= 11 is 0. The van der Waals surface area contributed by atoms with E-state index in [1.54, 1.807) is 0 Å². The predicted molar refractivity (Wildman–Crippen MR) is 121 cm³/mol. The van der Waals surface area contributed by atoms with Crippen molar-refractivity contribution in [2.75, 3.05) is 20.1 Å². The molecule has 1 aliphatic heterocycles. The number of nitrogens with one attached hydrogen (secondary N) is 1. The smallest absolute Gasteiger partial charge is 0.253 e. The van der Waals surface area contributed by atoms with Crippen LogP contribution in [0, 0.1) is 0 Å². The predicted octanol–water partition coefficient (Wildman–Crippen LogP) is 4.81. The number of carbonyl (C=O) groups excluding carboxylic acids is 1. The highest BCUT2D eigenvalue weighted by atomic mass is 35.5. The third kappa shape index (κ3) is 6.22. The molecule has 158 valence electrons. The molecule has 2 aromatic rings. The van der Waals surface area contributed by atoms with Gasteiger partial charge in [-0.05, 0) is 60.7 Å². The fourth-order valence-corrected chi connectivity index (χ4v) is 3.52. The summed E-state index contributed by atoms with van der Waals surface area (Å²) in [5.74, 6) is 0.986. The summed E-state index contributed by atoms with van der Waals surface area (Å²) in [6.45, 7) is 8.74. The van der Waals surface area contributed by atoms with Crippen molar-refractivity contribution in [2.45, 2.75) is 51.7 Å². The van der Waals surface area contributed by atoms with Crippen molar-refractivity contribution in [1.29, 1.82) is 0 Å². The summed E-state index contributed by atoms with van der Waals surface area (Å²) in [6, 6.07) is 16.6. The third-order valence-electron chi connectivity index (χ3n) is 5.52. The molecule has 1 saturated heterocycles. The summed E-state index contributed by atoms with van der Waals surface area (Å²) in [5.41, 5.74) is 3.25. The summed E-state index contributed by atoms with van der Waals surface area (Å²) in [7, 11) is 1.99. The molecule has 3 rings (SSSR count). The molecule has 1 fully saturated rings. The minimum absolute atomic E-state index is 0. The van der Waals surface area contributed by atoms with E-state index in [2.05, 4.69) is 38.2 Å². The van der Waals surface area contributed by atoms with Crippen molar-refractivity contribution < 1.29 is 9.53 Å². The van der Waals surface area contributed by atoms with Crippen LogP contribution in [-0.2, 0) is 12.0 Å². The molecule has 1 heterocycles. The number of halogens is 1. The summed E-state index contributed by atoms with van der Waals surface area (Å²) < 4.78 is 5.90. The van der Waals surface area contributed by atoms with Crippen molar-refractivity contribution in [3.63, 3.8) is 0 Å². The van der Waals surface area contributed by atoms with Crippen LogP contribution in [0.4, 0.5) is 0 Å². The van der Waals surface area contributed by atoms with Gasteiger partial charge in [-0.15, -0.1) is 12.4 Å². The van der Waals surface area contributed by atoms with E-state index in [9.17, 15) is 4.79 Å². The lowest BCUT2D eigenvalue weighted by Crippen LogP contribution is -2.43. The number of hydrogen-bond acceptors (Lipinski definition) is 3. The highest BCUT2D eigenvalue weighted by Gasteiger charge is 2.22. The van der Waals surface area contributed by atoms with Gasteiger partial charge in [0.15, 0.2) is 0 Å². The average molecular weight is 417 g/mol. The largest absolute Gasteiger partial charge is 0.489 e. The number of rotatable bonds is 5. The summed E-state index contributed by atoms with van der Waals surface area (Å²) in [4.78, 5) is 14.6. The van der Waals surface area contributed by atoms with Crippen LogP contribution in [0.25, 0.3) is 0 Å². The second-order valence-electron chi connectivity index (χ2n) is 8.62. The van der Waals surface area contributed by atoms with E-state index in [1.807, 2.05) is 48.3 Å². The van der Waals surface area contributed by atoms with Crippen LogP contribution in [-0.4, -0.2) is 37.0 Å². The Morgan fingerprint density at radius 2 is 1.62 bits per heavy atom. The molecular weight excluding hydrogens is 384 g/mol. The zero-order valence-corrected chi connectivity index (χ0v) is 18.7. The first-order valence-corrected chi connectivity index (χ1v) is 10.2. The van der Waals surface area contributed by atoms with Crippen molar-refractivity contribution in [1.82, 2.24) is 10.2 Å². The van der Waals surface area contributed by atoms with Crippen LogP contribution in [0.3, 0.4) is 0 Å². The van der Waals surface area contributed by atoms with Gasteiger partial charge in [-0.3, -0.25) is 4.79 Å². The molecule has 0 aliphatic carbocycles. The molecular formula is C24H33ClN2O2. The van der Waals surface area contributed by atoms with E-state index in [-0.39, 0.29) is 23.7 Å². The maximum absolute atomic E-state index is 12.7. The second kappa shape index (κ2) is 10.1. The van der Waals surface area contributed by atoms with Crippen LogP contribution < -0.4 is 10.1 Å². The Hall–Kier alpha value is -2.04. The number of likely N-dealkylation sites (tertiary alicyclic amines) is 1. The number of piperidine rings is 1. The molecule has 0 saturated carbocycles. The SMILES string of the molecule is CNC1CCN(C(=O)c2ccc(COc3ccc(C(C)(C)C)cc3)cc2)CC1.Cl. The van der Waals surface area contributed by atoms with E-state index < -0.39 is 0 Å². The number of amides is 1. The first kappa shape index (κ1) is 23.2. The summed E-state index contributed by atoms with van der Waals surface area (Å²) in [5, 5.41) is 3.30. The molecule has 1 amide bonds. The Balaban J connectivity index is 0.00000300. The van der Waals surface area contributed by atoms with Gasteiger partial charge in [-0.1, -0.05) is 45.0 Å². The fraction of sp³-hybridized carbons (Fsp3) is 0.458. The van der Waals surface area contributed by atoms with Gasteiger partial charge in [0.05, 0.1) is 0 Å². The lowest BCUT2D eigenvalue weighted by atomic mass is 9.87. The lowest BCUT2D eigenvalue weighted by Gasteiger charge is -2.31. The minimum Gasteiger partial charge on any atom is -0.489 e. The Morgan fingerprint density at radius 3 is 2.14 bits per heavy atom. The van der Waals surface area contributed by atoms with Gasteiger partial charge in [-0.2, -0.15) is 0 Å². The highest BCUT2D eigenvalue weighted by molar-refractivity contribution is 5.94. The molecule has 0 radical (unpaired) electrons. The van der Waals surface area contributed by atoms with Crippen LogP contribution in [0.1, 0.15) is 55.1 Å². The van der Waals surface area contributed by atoms with Crippen molar-refractivity contribution in [3.05, 3.63) is 65.2 Å². The number of hydrogen-bond donors (Lipinski definition) is 1. The molecule has 5 heteroatoms. The van der Waals surface area contributed by atoms with Gasteiger partial charge in [0, 0.05) is 24.7 Å². The second-order valence-corrected chi connectivity index (χ2v) is 8.62. The molecule has 1 N–H and O–H groups in total. The highest BCUT2D eigenvalue weighted by Crippen LogP contribution is 2.24. The van der Waals surface area contributed by atoms with E-state index in [0.29, 0.717) is 12.6 Å². The van der Waals surface area contributed by atoms with Gasteiger partial charge >= 0.3 is 0 Å². The topological polar surface area (TPSA) is 41.6 Å². The Labute approximate surface area is 181 Å². The Bertz CT molecular complexity index is 774. The molecule has 1 aliphatic rings. The van der Waals surface area contributed by atoms with Crippen molar-refractivity contribution >= 4 is 18.3 Å². The molecule has 0 aromatic heterocycles. The molecule has 0 bridgehead atoms. The number of benzene rings is 2. The molecule has 4 nitrogen and oxygen atoms in total. The first-order valence-electron chi connectivity index (χ1n) is 10.2. The average Bonchev–Trinajstić information content (AvgIpc) is 2.72. The van der Waals surface area contributed by atoms with Crippen LogP contribution in [0.2, 0.25) is 0 Å². The monoisotopic (exact) mass is 416 g/mol. The molecule has 0 spiro atoms. The standard InChI is InChI=1S/C24H32N2O2.ClH/c1-24(2,3)20-9-11-22(12-10-20)28-17-18-5-7-19(8-6-18)23(27)26-15-13-21(25-4)14-16-26;/h5-12,21,25H,13-17H2,1-4H3;1H. The van der Waals surface area contributed by atoms with E-state index in [4.69, 9.17) is 4.74 Å². The molecule has 2 aromatic carbocycles. The maximum atomic E-state index is 12.7.